The molecule has 1 aliphatic rings. The maximum atomic E-state index is 13.6. The van der Waals surface area contributed by atoms with Crippen LogP contribution in [0, 0.1) is 5.82 Å². The standard InChI is InChI=1S/C12H9ClFNO2/c1-12(2)4-3-7-8(13)5-9(14)10(15-6-16)11(7)17-12/h3-5H,1-2H3. The summed E-state index contributed by atoms with van der Waals surface area (Å²) in [6, 6.07) is 1.10. The minimum absolute atomic E-state index is 0.170. The van der Waals surface area contributed by atoms with Gasteiger partial charge >= 0.3 is 0 Å². The Kier molecular flexibility index (Phi) is 2.77. The molecule has 0 radical (unpaired) electrons. The summed E-state index contributed by atoms with van der Waals surface area (Å²) in [5.41, 5.74) is -0.254. The van der Waals surface area contributed by atoms with E-state index >= 15 is 0 Å². The van der Waals surface area contributed by atoms with Gasteiger partial charge in [0.2, 0.25) is 6.08 Å². The predicted molar refractivity (Wildman–Crippen MR) is 62.9 cm³/mol. The van der Waals surface area contributed by atoms with Gasteiger partial charge in [0, 0.05) is 5.56 Å². The number of hydrogen-bond donors (Lipinski definition) is 0. The number of halogens is 2. The van der Waals surface area contributed by atoms with Gasteiger partial charge in [0.25, 0.3) is 0 Å². The molecule has 0 saturated carbocycles. The van der Waals surface area contributed by atoms with Crippen LogP contribution in [0.4, 0.5) is 10.1 Å². The Morgan fingerprint density at radius 1 is 1.53 bits per heavy atom. The first-order chi connectivity index (χ1) is 7.94. The zero-order valence-electron chi connectivity index (χ0n) is 9.25. The molecule has 17 heavy (non-hydrogen) atoms. The SMILES string of the molecule is CC1(C)C=Cc2c(Cl)cc(F)c(N=C=O)c2O1. The molecule has 1 heterocycles. The first kappa shape index (κ1) is 11.8. The summed E-state index contributed by atoms with van der Waals surface area (Å²) < 4.78 is 19.2. The molecule has 1 aliphatic heterocycles. The van der Waals surface area contributed by atoms with Crippen LogP contribution in [0.3, 0.4) is 0 Å². The highest BCUT2D eigenvalue weighted by molar-refractivity contribution is 6.32. The lowest BCUT2D eigenvalue weighted by Crippen LogP contribution is -2.27. The minimum Gasteiger partial charge on any atom is -0.481 e. The van der Waals surface area contributed by atoms with Crippen molar-refractivity contribution in [1.82, 2.24) is 0 Å². The van der Waals surface area contributed by atoms with Crippen LogP contribution < -0.4 is 4.74 Å². The average molecular weight is 254 g/mol. The maximum absolute atomic E-state index is 13.6. The Labute approximate surface area is 103 Å². The normalized spacial score (nSPS) is 15.8. The van der Waals surface area contributed by atoms with Crippen molar-refractivity contribution in [2.45, 2.75) is 19.4 Å². The predicted octanol–water partition coefficient (Wildman–Crippen LogP) is 3.63. The van der Waals surface area contributed by atoms with E-state index in [0.717, 1.165) is 6.07 Å². The lowest BCUT2D eigenvalue weighted by Gasteiger charge is -2.28. The van der Waals surface area contributed by atoms with Gasteiger partial charge in [0.05, 0.1) is 5.02 Å². The van der Waals surface area contributed by atoms with Crippen LogP contribution in [0.25, 0.3) is 6.08 Å². The number of hydrogen-bond acceptors (Lipinski definition) is 3. The summed E-state index contributed by atoms with van der Waals surface area (Å²) in [7, 11) is 0. The summed E-state index contributed by atoms with van der Waals surface area (Å²) in [4.78, 5) is 13.6. The zero-order valence-corrected chi connectivity index (χ0v) is 10.0. The van der Waals surface area contributed by atoms with E-state index in [1.165, 1.54) is 6.08 Å². The molecule has 2 rings (SSSR count). The van der Waals surface area contributed by atoms with E-state index in [9.17, 15) is 9.18 Å². The fourth-order valence-electron chi connectivity index (χ4n) is 1.59. The molecule has 0 amide bonds. The van der Waals surface area contributed by atoms with Crippen molar-refractivity contribution in [3.05, 3.63) is 28.5 Å². The molecule has 0 aromatic heterocycles. The average Bonchev–Trinajstić information content (AvgIpc) is 2.22. The van der Waals surface area contributed by atoms with E-state index in [0.29, 0.717) is 5.56 Å². The number of carbonyl (C=O) groups excluding carboxylic acids is 1. The van der Waals surface area contributed by atoms with Crippen molar-refractivity contribution < 1.29 is 13.9 Å². The van der Waals surface area contributed by atoms with Crippen LogP contribution in [0.2, 0.25) is 5.02 Å². The van der Waals surface area contributed by atoms with Gasteiger partial charge in [0.15, 0.2) is 17.3 Å². The van der Waals surface area contributed by atoms with E-state index in [1.807, 2.05) is 0 Å². The fraction of sp³-hybridized carbons (Fsp3) is 0.250. The molecule has 0 fully saturated rings. The van der Waals surface area contributed by atoms with Gasteiger partial charge in [-0.05, 0) is 32.1 Å². The second kappa shape index (κ2) is 3.99. The van der Waals surface area contributed by atoms with E-state index in [-0.39, 0.29) is 16.5 Å². The molecule has 0 bridgehead atoms. The first-order valence-electron chi connectivity index (χ1n) is 4.93. The van der Waals surface area contributed by atoms with Gasteiger partial charge in [-0.25, -0.2) is 9.18 Å². The van der Waals surface area contributed by atoms with Crippen molar-refractivity contribution in [1.29, 1.82) is 0 Å². The van der Waals surface area contributed by atoms with Crippen LogP contribution in [0.1, 0.15) is 19.4 Å². The van der Waals surface area contributed by atoms with Crippen molar-refractivity contribution >= 4 is 29.4 Å². The molecule has 1 aromatic carbocycles. The summed E-state index contributed by atoms with van der Waals surface area (Å²) in [5, 5.41) is 0.217. The van der Waals surface area contributed by atoms with Crippen molar-refractivity contribution in [3.8, 4) is 5.75 Å². The van der Waals surface area contributed by atoms with Crippen molar-refractivity contribution in [2.75, 3.05) is 0 Å². The molecule has 3 nitrogen and oxygen atoms in total. The quantitative estimate of drug-likeness (QED) is 0.566. The molecular weight excluding hydrogens is 245 g/mol. The number of aliphatic imine (C=N–C) groups is 1. The Morgan fingerprint density at radius 2 is 2.24 bits per heavy atom. The Bertz CT molecular complexity index is 560. The smallest absolute Gasteiger partial charge is 0.240 e. The molecule has 1 aromatic rings. The molecule has 0 N–H and O–H groups in total. The molecule has 88 valence electrons. The fourth-order valence-corrected chi connectivity index (χ4v) is 1.84. The third-order valence-corrected chi connectivity index (χ3v) is 2.68. The lowest BCUT2D eigenvalue weighted by atomic mass is 10.0. The van der Waals surface area contributed by atoms with Gasteiger partial charge in [0.1, 0.15) is 5.60 Å². The number of fused-ring (bicyclic) bond motifs is 1. The molecule has 0 spiro atoms. The summed E-state index contributed by atoms with van der Waals surface area (Å²) in [6.07, 6.45) is 4.84. The molecule has 5 heteroatoms. The second-order valence-corrected chi connectivity index (χ2v) is 4.58. The first-order valence-corrected chi connectivity index (χ1v) is 5.30. The van der Waals surface area contributed by atoms with Crippen LogP contribution in [0.15, 0.2) is 17.1 Å². The van der Waals surface area contributed by atoms with Crippen LogP contribution in [-0.4, -0.2) is 11.7 Å². The number of rotatable bonds is 1. The van der Waals surface area contributed by atoms with E-state index < -0.39 is 11.4 Å². The van der Waals surface area contributed by atoms with Gasteiger partial charge in [-0.2, -0.15) is 4.99 Å². The van der Waals surface area contributed by atoms with Gasteiger partial charge in [-0.1, -0.05) is 11.6 Å². The third kappa shape index (κ3) is 2.09. The number of benzene rings is 1. The summed E-state index contributed by atoms with van der Waals surface area (Å²) >= 11 is 5.90. The number of isocyanates is 1. The Hall–Kier alpha value is -1.64. The third-order valence-electron chi connectivity index (χ3n) is 2.37. The Balaban J connectivity index is 2.73. The molecule has 0 saturated heterocycles. The van der Waals surface area contributed by atoms with Crippen LogP contribution in [-0.2, 0) is 4.79 Å². The molecule has 0 unspecified atom stereocenters. The topological polar surface area (TPSA) is 38.7 Å². The number of nitrogens with zero attached hydrogens (tertiary/aromatic N) is 1. The van der Waals surface area contributed by atoms with E-state index in [1.54, 1.807) is 26.0 Å². The highest BCUT2D eigenvalue weighted by atomic mass is 35.5. The van der Waals surface area contributed by atoms with E-state index in [2.05, 4.69) is 4.99 Å². The van der Waals surface area contributed by atoms with E-state index in [4.69, 9.17) is 16.3 Å². The monoisotopic (exact) mass is 253 g/mol. The second-order valence-electron chi connectivity index (χ2n) is 4.17. The minimum atomic E-state index is -0.705. The summed E-state index contributed by atoms with van der Waals surface area (Å²) in [6.45, 7) is 3.61. The summed E-state index contributed by atoms with van der Waals surface area (Å²) in [5.74, 6) is -0.533. The largest absolute Gasteiger partial charge is 0.481 e. The number of ether oxygens (including phenoxy) is 1. The van der Waals surface area contributed by atoms with Gasteiger partial charge in [-0.3, -0.25) is 0 Å². The van der Waals surface area contributed by atoms with Crippen LogP contribution in [0.5, 0.6) is 5.75 Å². The van der Waals surface area contributed by atoms with Gasteiger partial charge in [-0.15, -0.1) is 0 Å². The van der Waals surface area contributed by atoms with Crippen LogP contribution >= 0.6 is 11.6 Å². The van der Waals surface area contributed by atoms with Crippen molar-refractivity contribution in [2.24, 2.45) is 4.99 Å². The molecule has 0 aliphatic carbocycles. The molecular formula is C12H9ClFNO2. The molecule has 0 atom stereocenters. The highest BCUT2D eigenvalue weighted by Crippen LogP contribution is 2.43. The van der Waals surface area contributed by atoms with Crippen molar-refractivity contribution in [3.63, 3.8) is 0 Å². The lowest BCUT2D eigenvalue weighted by molar-refractivity contribution is 0.159. The zero-order chi connectivity index (χ0) is 12.6. The maximum Gasteiger partial charge on any atom is 0.240 e. The van der Waals surface area contributed by atoms with Gasteiger partial charge < -0.3 is 4.74 Å². The highest BCUT2D eigenvalue weighted by Gasteiger charge is 2.27. The Morgan fingerprint density at radius 3 is 2.88 bits per heavy atom.